The van der Waals surface area contributed by atoms with Crippen LogP contribution in [0.25, 0.3) is 22.5 Å². The van der Waals surface area contributed by atoms with E-state index in [0.29, 0.717) is 18.8 Å². The van der Waals surface area contributed by atoms with Gasteiger partial charge in [-0.1, -0.05) is 153 Å². The molecule has 0 bridgehead atoms. The molecule has 0 saturated heterocycles. The second kappa shape index (κ2) is 17.0. The average molecular weight is 768 g/mol. The second-order valence-corrected chi connectivity index (χ2v) is 13.4. The summed E-state index contributed by atoms with van der Waals surface area (Å²) in [6.45, 7) is 4.21. The Morgan fingerprint density at radius 1 is 0.737 bits per heavy atom. The van der Waals surface area contributed by atoms with Gasteiger partial charge in [-0.25, -0.2) is 19.4 Å². The van der Waals surface area contributed by atoms with E-state index in [1.807, 2.05) is 115 Å². The van der Waals surface area contributed by atoms with Crippen molar-refractivity contribution in [3.63, 3.8) is 0 Å². The maximum Gasteiger partial charge on any atom is 0.451 e. The van der Waals surface area contributed by atoms with E-state index in [2.05, 4.69) is 56.7 Å². The molecule has 0 aliphatic rings. The van der Waals surface area contributed by atoms with Crippen LogP contribution in [0.3, 0.4) is 0 Å². The number of aromatic nitrogens is 6. The minimum absolute atomic E-state index is 0.0509. The highest BCUT2D eigenvalue weighted by Gasteiger charge is 2.42. The first-order valence-electron chi connectivity index (χ1n) is 18.8. The van der Waals surface area contributed by atoms with Gasteiger partial charge in [0, 0.05) is 24.8 Å². The smallest absolute Gasteiger partial charge is 0.451 e. The number of hydrogen-bond donors (Lipinski definition) is 0. The normalized spacial score (nSPS) is 11.7. The lowest BCUT2D eigenvalue weighted by Gasteiger charge is -2.36. The SMILES string of the molecule is CCCCN(Cc1ccc(-c2ccccc2-c2nnnn2C(c2ccccc2)(c2ccccc2)c2ccccc2)cc1)c1nc(C(F)(F)F)ncc1C(=O)OCC. The first-order valence-corrected chi connectivity index (χ1v) is 18.8. The predicted molar refractivity (Wildman–Crippen MR) is 212 cm³/mol. The molecule has 12 heteroatoms. The van der Waals surface area contributed by atoms with E-state index in [1.165, 1.54) is 0 Å². The maximum absolute atomic E-state index is 13.8. The topological polar surface area (TPSA) is 98.9 Å². The van der Waals surface area contributed by atoms with Gasteiger partial charge in [0.2, 0.25) is 5.82 Å². The standard InChI is InChI=1S/C45H40F3N7O2/c1-3-5-29-54(40-39(42(56)57-4-2)30-49-43(50-40)45(46,47)48)31-32-25-27-33(28-26-32)37-23-15-16-24-38(37)41-51-52-53-55(41)44(34-17-9-6-10-18-34,35-19-11-7-12-20-35)36-21-13-8-14-22-36/h6-28,30H,3-5,29,31H2,1-2H3. The Bertz CT molecular complexity index is 2310. The van der Waals surface area contributed by atoms with Crippen LogP contribution in [-0.2, 0) is 23.0 Å². The van der Waals surface area contributed by atoms with Crippen LogP contribution < -0.4 is 4.90 Å². The van der Waals surface area contributed by atoms with Crippen LogP contribution in [0.2, 0.25) is 0 Å². The first kappa shape index (κ1) is 38.6. The molecule has 0 aliphatic carbocycles. The van der Waals surface area contributed by atoms with E-state index >= 15 is 0 Å². The van der Waals surface area contributed by atoms with Crippen molar-refractivity contribution in [2.24, 2.45) is 0 Å². The molecule has 5 aromatic carbocycles. The first-order chi connectivity index (χ1) is 27.7. The van der Waals surface area contributed by atoms with E-state index in [-0.39, 0.29) is 24.5 Å². The molecule has 9 nitrogen and oxygen atoms in total. The number of carbonyl (C=O) groups excluding carboxylic acids is 1. The highest BCUT2D eigenvalue weighted by molar-refractivity contribution is 5.94. The minimum Gasteiger partial charge on any atom is -0.462 e. The molecule has 288 valence electrons. The number of hydrogen-bond acceptors (Lipinski definition) is 8. The zero-order chi connectivity index (χ0) is 39.8. The van der Waals surface area contributed by atoms with Crippen LogP contribution in [-0.4, -0.2) is 49.3 Å². The maximum atomic E-state index is 13.8. The Labute approximate surface area is 328 Å². The summed E-state index contributed by atoms with van der Waals surface area (Å²) in [7, 11) is 0. The number of carbonyl (C=O) groups is 1. The average Bonchev–Trinajstić information content (AvgIpc) is 3.74. The fourth-order valence-electron chi connectivity index (χ4n) is 7.14. The third kappa shape index (κ3) is 7.88. The van der Waals surface area contributed by atoms with Crippen molar-refractivity contribution in [3.8, 4) is 22.5 Å². The number of tetrazole rings is 1. The number of esters is 1. The molecule has 7 aromatic rings. The molecular formula is C45H40F3N7O2. The van der Waals surface area contributed by atoms with Gasteiger partial charge in [0.25, 0.3) is 0 Å². The van der Waals surface area contributed by atoms with E-state index < -0.39 is 23.5 Å². The summed E-state index contributed by atoms with van der Waals surface area (Å²) < 4.78 is 48.5. The molecule has 0 aliphatic heterocycles. The minimum atomic E-state index is -4.80. The molecule has 0 unspecified atom stereocenters. The van der Waals surface area contributed by atoms with Gasteiger partial charge in [-0.15, -0.1) is 5.10 Å². The van der Waals surface area contributed by atoms with Crippen LogP contribution in [0, 0.1) is 0 Å². The van der Waals surface area contributed by atoms with Crippen molar-refractivity contribution in [3.05, 3.63) is 179 Å². The van der Waals surface area contributed by atoms with Crippen molar-refractivity contribution >= 4 is 11.8 Å². The number of rotatable bonds is 14. The molecule has 7 rings (SSSR count). The number of alkyl halides is 3. The van der Waals surface area contributed by atoms with Gasteiger partial charge < -0.3 is 9.64 Å². The van der Waals surface area contributed by atoms with E-state index in [1.54, 1.807) is 11.8 Å². The predicted octanol–water partition coefficient (Wildman–Crippen LogP) is 9.64. The molecule has 57 heavy (non-hydrogen) atoms. The number of anilines is 1. The van der Waals surface area contributed by atoms with Crippen LogP contribution in [0.4, 0.5) is 19.0 Å². The number of unbranched alkanes of at least 4 members (excludes halogenated alkanes) is 1. The Kier molecular flexibility index (Phi) is 11.5. The van der Waals surface area contributed by atoms with Gasteiger partial charge in [-0.05, 0) is 57.2 Å². The Morgan fingerprint density at radius 3 is 1.84 bits per heavy atom. The summed E-state index contributed by atoms with van der Waals surface area (Å²) in [5.74, 6) is -1.68. The van der Waals surface area contributed by atoms with Gasteiger partial charge in [-0.2, -0.15) is 13.2 Å². The van der Waals surface area contributed by atoms with Crippen LogP contribution in [0.1, 0.15) is 65.1 Å². The number of nitrogens with zero attached hydrogens (tertiary/aromatic N) is 7. The van der Waals surface area contributed by atoms with Crippen molar-refractivity contribution in [2.75, 3.05) is 18.1 Å². The monoisotopic (exact) mass is 767 g/mol. The van der Waals surface area contributed by atoms with E-state index in [4.69, 9.17) is 9.95 Å². The van der Waals surface area contributed by atoms with Crippen molar-refractivity contribution < 1.29 is 22.7 Å². The quantitative estimate of drug-likeness (QED) is 0.0798. The molecule has 0 radical (unpaired) electrons. The van der Waals surface area contributed by atoms with Gasteiger partial charge >= 0.3 is 12.1 Å². The molecule has 2 aromatic heterocycles. The highest BCUT2D eigenvalue weighted by atomic mass is 19.4. The number of benzene rings is 5. The van der Waals surface area contributed by atoms with Gasteiger partial charge in [0.1, 0.15) is 16.9 Å². The summed E-state index contributed by atoms with van der Waals surface area (Å²) >= 11 is 0. The molecule has 0 N–H and O–H groups in total. The van der Waals surface area contributed by atoms with Crippen LogP contribution in [0.15, 0.2) is 146 Å². The summed E-state index contributed by atoms with van der Waals surface area (Å²) in [4.78, 5) is 21.9. The lowest BCUT2D eigenvalue weighted by Crippen LogP contribution is -2.39. The highest BCUT2D eigenvalue weighted by Crippen LogP contribution is 2.43. The molecule has 0 saturated carbocycles. The zero-order valence-electron chi connectivity index (χ0n) is 31.5. The fraction of sp³-hybridized carbons (Fsp3) is 0.200. The number of halogens is 3. The largest absolute Gasteiger partial charge is 0.462 e. The van der Waals surface area contributed by atoms with Crippen molar-refractivity contribution in [1.82, 2.24) is 30.2 Å². The molecule has 2 heterocycles. The lowest BCUT2D eigenvalue weighted by atomic mass is 9.77. The summed E-state index contributed by atoms with van der Waals surface area (Å²) in [6.07, 6.45) is -2.46. The summed E-state index contributed by atoms with van der Waals surface area (Å²) in [6, 6.07) is 46.2. The van der Waals surface area contributed by atoms with E-state index in [9.17, 15) is 18.0 Å². The molecule has 0 spiro atoms. The Hall–Kier alpha value is -6.69. The molecule has 0 fully saturated rings. The third-order valence-electron chi connectivity index (χ3n) is 9.77. The van der Waals surface area contributed by atoms with Crippen molar-refractivity contribution in [2.45, 2.75) is 44.9 Å². The Balaban J connectivity index is 1.30. The Morgan fingerprint density at radius 2 is 1.30 bits per heavy atom. The van der Waals surface area contributed by atoms with Crippen LogP contribution in [0.5, 0.6) is 0 Å². The number of ether oxygens (including phenoxy) is 1. The molecular weight excluding hydrogens is 728 g/mol. The molecule has 0 atom stereocenters. The summed E-state index contributed by atoms with van der Waals surface area (Å²) in [5, 5.41) is 13.6. The zero-order valence-corrected chi connectivity index (χ0v) is 31.5. The fourth-order valence-corrected chi connectivity index (χ4v) is 7.14. The van der Waals surface area contributed by atoms with Gasteiger partial charge in [-0.3, -0.25) is 0 Å². The summed E-state index contributed by atoms with van der Waals surface area (Å²) in [5.41, 5.74) is 5.21. The molecule has 0 amide bonds. The van der Waals surface area contributed by atoms with E-state index in [0.717, 1.165) is 51.6 Å². The third-order valence-corrected chi connectivity index (χ3v) is 9.77. The van der Waals surface area contributed by atoms with Crippen molar-refractivity contribution in [1.29, 1.82) is 0 Å². The van der Waals surface area contributed by atoms with Crippen LogP contribution >= 0.6 is 0 Å². The second-order valence-electron chi connectivity index (χ2n) is 13.4. The van der Waals surface area contributed by atoms with Gasteiger partial charge in [0.15, 0.2) is 5.82 Å². The van der Waals surface area contributed by atoms with Gasteiger partial charge in [0.05, 0.1) is 6.61 Å². The lowest BCUT2D eigenvalue weighted by molar-refractivity contribution is -0.144.